The summed E-state index contributed by atoms with van der Waals surface area (Å²) in [6.07, 6.45) is 0.815. The highest BCUT2D eigenvalue weighted by Gasteiger charge is 2.22. The van der Waals surface area contributed by atoms with Gasteiger partial charge in [0.25, 0.3) is 0 Å². The largest absolute Gasteiger partial charge is 0.381 e. The molecule has 1 aliphatic heterocycles. The number of hydrogen-bond acceptors (Lipinski definition) is 3. The average Bonchev–Trinajstić information content (AvgIpc) is 2.84. The van der Waals surface area contributed by atoms with Crippen LogP contribution in [-0.2, 0) is 20.7 Å². The second kappa shape index (κ2) is 9.46. The van der Waals surface area contributed by atoms with E-state index in [0.717, 1.165) is 18.2 Å². The van der Waals surface area contributed by atoms with Crippen molar-refractivity contribution in [3.8, 4) is 0 Å². The van der Waals surface area contributed by atoms with E-state index in [1.165, 1.54) is 0 Å². The average molecular weight is 354 g/mol. The third kappa shape index (κ3) is 5.77. The molecule has 25 heavy (non-hydrogen) atoms. The fourth-order valence-corrected chi connectivity index (χ4v) is 2.83. The molecule has 1 saturated heterocycles. The van der Waals surface area contributed by atoms with Crippen molar-refractivity contribution in [2.24, 2.45) is 0 Å². The Kier molecular flexibility index (Phi) is 7.31. The molecule has 0 saturated carbocycles. The van der Waals surface area contributed by atoms with Gasteiger partial charge < -0.3 is 14.5 Å². The Morgan fingerprint density at radius 1 is 1.08 bits per heavy atom. The van der Waals surface area contributed by atoms with Crippen LogP contribution < -0.4 is 0 Å². The third-order valence-corrected chi connectivity index (χ3v) is 4.22. The van der Waals surface area contributed by atoms with Crippen LogP contribution in [-0.4, -0.2) is 61.0 Å². The molecule has 1 aromatic rings. The number of benzene rings is 1. The molecule has 0 atom stereocenters. The van der Waals surface area contributed by atoms with E-state index in [1.807, 2.05) is 6.92 Å². The maximum Gasteiger partial charge on any atom is 0.227 e. The van der Waals surface area contributed by atoms with Crippen LogP contribution in [0.2, 0.25) is 0 Å². The summed E-state index contributed by atoms with van der Waals surface area (Å²) >= 11 is 0. The maximum absolute atomic E-state index is 13.7. The first-order chi connectivity index (χ1) is 12.0. The first-order valence-electron chi connectivity index (χ1n) is 8.58. The van der Waals surface area contributed by atoms with Gasteiger partial charge in [-0.25, -0.2) is 8.78 Å². The van der Waals surface area contributed by atoms with Crippen LogP contribution in [0.5, 0.6) is 0 Å². The molecule has 0 N–H and O–H groups in total. The minimum Gasteiger partial charge on any atom is -0.381 e. The predicted octanol–water partition coefficient (Wildman–Crippen LogP) is 1.99. The Hall–Kier alpha value is -2.02. The van der Waals surface area contributed by atoms with Gasteiger partial charge in [-0.05, 0) is 31.5 Å². The van der Waals surface area contributed by atoms with Gasteiger partial charge in [-0.15, -0.1) is 0 Å². The van der Waals surface area contributed by atoms with Crippen molar-refractivity contribution in [2.45, 2.75) is 26.2 Å². The van der Waals surface area contributed by atoms with E-state index in [9.17, 15) is 18.4 Å². The highest BCUT2D eigenvalue weighted by Crippen LogP contribution is 2.13. The van der Waals surface area contributed by atoms with E-state index in [-0.39, 0.29) is 23.8 Å². The van der Waals surface area contributed by atoms with Gasteiger partial charge in [0.1, 0.15) is 11.6 Å². The summed E-state index contributed by atoms with van der Waals surface area (Å²) in [4.78, 5) is 27.9. The first-order valence-corrected chi connectivity index (χ1v) is 8.58. The molecule has 2 amide bonds. The summed E-state index contributed by atoms with van der Waals surface area (Å²) in [5.74, 6) is -1.39. The molecule has 1 heterocycles. The monoisotopic (exact) mass is 354 g/mol. The Bertz CT molecular complexity index is 610. The van der Waals surface area contributed by atoms with Gasteiger partial charge in [0.2, 0.25) is 11.8 Å². The first kappa shape index (κ1) is 19.3. The molecule has 2 rings (SSSR count). The Balaban J connectivity index is 1.88. The minimum absolute atomic E-state index is 0.0129. The molecular weight excluding hydrogens is 330 g/mol. The molecule has 0 spiro atoms. The Morgan fingerprint density at radius 2 is 1.76 bits per heavy atom. The van der Waals surface area contributed by atoms with Crippen molar-refractivity contribution in [1.82, 2.24) is 9.80 Å². The van der Waals surface area contributed by atoms with E-state index < -0.39 is 11.6 Å². The number of ether oxygens (including phenoxy) is 1. The van der Waals surface area contributed by atoms with Crippen LogP contribution in [0.25, 0.3) is 0 Å². The lowest BCUT2D eigenvalue weighted by Crippen LogP contribution is -2.38. The van der Waals surface area contributed by atoms with Crippen molar-refractivity contribution in [3.05, 3.63) is 35.4 Å². The minimum atomic E-state index is -0.586. The van der Waals surface area contributed by atoms with Gasteiger partial charge in [-0.1, -0.05) is 0 Å². The molecule has 0 aromatic heterocycles. The van der Waals surface area contributed by atoms with E-state index in [2.05, 4.69) is 0 Å². The summed E-state index contributed by atoms with van der Waals surface area (Å²) in [5.41, 5.74) is 0.0545. The quantitative estimate of drug-likeness (QED) is 0.734. The highest BCUT2D eigenvalue weighted by atomic mass is 19.1. The molecule has 1 fully saturated rings. The highest BCUT2D eigenvalue weighted by molar-refractivity contribution is 5.79. The maximum atomic E-state index is 13.7. The standard InChI is InChI=1S/C18H24F2N2O3/c1-2-25-11-6-17(23)21-7-3-8-22(10-9-21)18(24)13-14-12-15(19)4-5-16(14)20/h4-5,12H,2-3,6-11,13H2,1H3. The fourth-order valence-electron chi connectivity index (χ4n) is 2.83. The summed E-state index contributed by atoms with van der Waals surface area (Å²) < 4.78 is 32.1. The molecule has 0 aliphatic carbocycles. The normalized spacial score (nSPS) is 15.2. The molecule has 138 valence electrons. The fraction of sp³-hybridized carbons (Fsp3) is 0.556. The van der Waals surface area contributed by atoms with E-state index >= 15 is 0 Å². The number of amides is 2. The lowest BCUT2D eigenvalue weighted by Gasteiger charge is -2.22. The molecule has 1 aromatic carbocycles. The topological polar surface area (TPSA) is 49.9 Å². The lowest BCUT2D eigenvalue weighted by molar-refractivity contribution is -0.133. The molecule has 5 nitrogen and oxygen atoms in total. The number of rotatable bonds is 6. The summed E-state index contributed by atoms with van der Waals surface area (Å²) in [6.45, 7) is 4.79. The zero-order valence-electron chi connectivity index (χ0n) is 14.5. The molecule has 1 aliphatic rings. The zero-order valence-corrected chi connectivity index (χ0v) is 14.5. The number of carbonyl (C=O) groups excluding carboxylic acids is 2. The van der Waals surface area contributed by atoms with Crippen molar-refractivity contribution in [3.63, 3.8) is 0 Å². The van der Waals surface area contributed by atoms with Crippen molar-refractivity contribution in [1.29, 1.82) is 0 Å². The Labute approximate surface area is 146 Å². The molecule has 0 bridgehead atoms. The second-order valence-electron chi connectivity index (χ2n) is 5.97. The van der Waals surface area contributed by atoms with Crippen LogP contribution >= 0.6 is 0 Å². The zero-order chi connectivity index (χ0) is 18.2. The van der Waals surface area contributed by atoms with E-state index in [0.29, 0.717) is 52.2 Å². The van der Waals surface area contributed by atoms with Gasteiger partial charge in [-0.3, -0.25) is 9.59 Å². The summed E-state index contributed by atoms with van der Waals surface area (Å²) in [7, 11) is 0. The van der Waals surface area contributed by atoms with Gasteiger partial charge in [0.05, 0.1) is 19.4 Å². The number of carbonyl (C=O) groups is 2. The van der Waals surface area contributed by atoms with Gasteiger partial charge in [0, 0.05) is 38.3 Å². The lowest BCUT2D eigenvalue weighted by atomic mass is 10.1. The smallest absolute Gasteiger partial charge is 0.227 e. The van der Waals surface area contributed by atoms with Crippen LogP contribution in [0.1, 0.15) is 25.3 Å². The molecule has 0 radical (unpaired) electrons. The van der Waals surface area contributed by atoms with Crippen LogP contribution in [0.4, 0.5) is 8.78 Å². The second-order valence-corrected chi connectivity index (χ2v) is 5.97. The summed E-state index contributed by atoms with van der Waals surface area (Å²) in [5, 5.41) is 0. The van der Waals surface area contributed by atoms with Crippen molar-refractivity contribution < 1.29 is 23.1 Å². The van der Waals surface area contributed by atoms with Crippen molar-refractivity contribution in [2.75, 3.05) is 39.4 Å². The van der Waals surface area contributed by atoms with Crippen molar-refractivity contribution >= 4 is 11.8 Å². The Morgan fingerprint density at radius 3 is 2.44 bits per heavy atom. The predicted molar refractivity (Wildman–Crippen MR) is 88.9 cm³/mol. The van der Waals surface area contributed by atoms with E-state index in [4.69, 9.17) is 4.74 Å². The van der Waals surface area contributed by atoms with Gasteiger partial charge in [-0.2, -0.15) is 0 Å². The van der Waals surface area contributed by atoms with Crippen LogP contribution in [0.3, 0.4) is 0 Å². The molecule has 0 unspecified atom stereocenters. The molecular formula is C18H24F2N2O3. The summed E-state index contributed by atoms with van der Waals surface area (Å²) in [6, 6.07) is 3.11. The molecule has 7 heteroatoms. The van der Waals surface area contributed by atoms with Gasteiger partial charge >= 0.3 is 0 Å². The number of halogens is 2. The van der Waals surface area contributed by atoms with Crippen LogP contribution in [0, 0.1) is 11.6 Å². The van der Waals surface area contributed by atoms with Crippen LogP contribution in [0.15, 0.2) is 18.2 Å². The third-order valence-electron chi connectivity index (χ3n) is 4.22. The SMILES string of the molecule is CCOCCC(=O)N1CCCN(C(=O)Cc2cc(F)ccc2F)CC1. The van der Waals surface area contributed by atoms with Gasteiger partial charge in [0.15, 0.2) is 0 Å². The van der Waals surface area contributed by atoms with E-state index in [1.54, 1.807) is 9.80 Å². The number of hydrogen-bond donors (Lipinski definition) is 0. The number of nitrogens with zero attached hydrogens (tertiary/aromatic N) is 2.